The van der Waals surface area contributed by atoms with Crippen LogP contribution in [0.1, 0.15) is 50.6 Å². The van der Waals surface area contributed by atoms with E-state index >= 15 is 0 Å². The summed E-state index contributed by atoms with van der Waals surface area (Å²) in [6.45, 7) is 3.10. The van der Waals surface area contributed by atoms with Gasteiger partial charge < -0.3 is 5.73 Å². The van der Waals surface area contributed by atoms with E-state index in [1.807, 2.05) is 17.9 Å². The number of hydrogen-bond donors (Lipinski definition) is 1. The molecule has 0 amide bonds. The van der Waals surface area contributed by atoms with Crippen LogP contribution < -0.4 is 5.73 Å². The molecular weight excluding hydrogens is 248 g/mol. The van der Waals surface area contributed by atoms with Crippen molar-refractivity contribution in [1.82, 2.24) is 14.7 Å². The molecule has 1 saturated carbocycles. The van der Waals surface area contributed by atoms with Gasteiger partial charge in [-0.25, -0.2) is 0 Å². The quantitative estimate of drug-likeness (QED) is 0.779. The van der Waals surface area contributed by atoms with Crippen LogP contribution in [0.3, 0.4) is 0 Å². The second-order valence-corrected chi connectivity index (χ2v) is 6.02. The molecule has 1 aliphatic rings. The fourth-order valence-electron chi connectivity index (χ4n) is 3.30. The number of aromatic nitrogens is 2. The van der Waals surface area contributed by atoms with E-state index in [0.29, 0.717) is 0 Å². The van der Waals surface area contributed by atoms with Crippen molar-refractivity contribution in [1.29, 1.82) is 0 Å². The van der Waals surface area contributed by atoms with Crippen LogP contribution in [0.15, 0.2) is 12.3 Å². The molecule has 2 N–H and O–H groups in total. The third-order valence-corrected chi connectivity index (χ3v) is 4.57. The summed E-state index contributed by atoms with van der Waals surface area (Å²) in [5.74, 6) is 0. The number of aryl methyl sites for hydroxylation is 1. The van der Waals surface area contributed by atoms with E-state index in [2.05, 4.69) is 16.1 Å². The summed E-state index contributed by atoms with van der Waals surface area (Å²) in [4.78, 5) is 2.69. The standard InChI is InChI=1S/C16H30N4/c1-19-15(9-12-18-19)10-14-20(13-6-11-17)16-7-4-2-3-5-8-16/h9,12,16H,2-8,10-11,13-14,17H2,1H3. The van der Waals surface area contributed by atoms with Crippen molar-refractivity contribution in [2.75, 3.05) is 19.6 Å². The van der Waals surface area contributed by atoms with Gasteiger partial charge in [0.25, 0.3) is 0 Å². The van der Waals surface area contributed by atoms with Gasteiger partial charge in [0.1, 0.15) is 0 Å². The van der Waals surface area contributed by atoms with Crippen molar-refractivity contribution in [3.05, 3.63) is 18.0 Å². The molecule has 1 aromatic heterocycles. The molecule has 0 aromatic carbocycles. The van der Waals surface area contributed by atoms with Gasteiger partial charge in [-0.15, -0.1) is 0 Å². The third-order valence-electron chi connectivity index (χ3n) is 4.57. The van der Waals surface area contributed by atoms with Gasteiger partial charge in [0, 0.05) is 37.9 Å². The van der Waals surface area contributed by atoms with Crippen LogP contribution in [0.2, 0.25) is 0 Å². The van der Waals surface area contributed by atoms with Crippen LogP contribution in [-0.2, 0) is 13.5 Å². The van der Waals surface area contributed by atoms with E-state index in [9.17, 15) is 0 Å². The first-order valence-electron chi connectivity index (χ1n) is 8.22. The maximum absolute atomic E-state index is 5.71. The molecule has 2 rings (SSSR count). The van der Waals surface area contributed by atoms with Crippen molar-refractivity contribution in [3.63, 3.8) is 0 Å². The fourth-order valence-corrected chi connectivity index (χ4v) is 3.30. The molecule has 0 atom stereocenters. The predicted octanol–water partition coefficient (Wildman–Crippen LogP) is 2.34. The largest absolute Gasteiger partial charge is 0.330 e. The molecule has 1 aromatic rings. The van der Waals surface area contributed by atoms with Crippen molar-refractivity contribution >= 4 is 0 Å². The van der Waals surface area contributed by atoms with Gasteiger partial charge in [-0.1, -0.05) is 25.7 Å². The Kier molecular flexibility index (Phi) is 6.54. The topological polar surface area (TPSA) is 47.1 Å². The van der Waals surface area contributed by atoms with Gasteiger partial charge in [0.05, 0.1) is 0 Å². The van der Waals surface area contributed by atoms with Gasteiger partial charge in [0.2, 0.25) is 0 Å². The molecule has 4 nitrogen and oxygen atoms in total. The molecule has 0 radical (unpaired) electrons. The Hall–Kier alpha value is -0.870. The van der Waals surface area contributed by atoms with E-state index in [1.165, 1.54) is 44.2 Å². The Morgan fingerprint density at radius 3 is 2.60 bits per heavy atom. The number of nitrogens with two attached hydrogens (primary N) is 1. The zero-order valence-corrected chi connectivity index (χ0v) is 12.9. The normalized spacial score (nSPS) is 17.6. The molecule has 20 heavy (non-hydrogen) atoms. The lowest BCUT2D eigenvalue weighted by Crippen LogP contribution is -2.38. The lowest BCUT2D eigenvalue weighted by Gasteiger charge is -2.31. The SMILES string of the molecule is Cn1nccc1CCN(CCCN)C1CCCCCC1. The minimum Gasteiger partial charge on any atom is -0.330 e. The molecule has 114 valence electrons. The van der Waals surface area contributed by atoms with Gasteiger partial charge in [-0.05, 0) is 38.4 Å². The lowest BCUT2D eigenvalue weighted by molar-refractivity contribution is 0.178. The van der Waals surface area contributed by atoms with E-state index < -0.39 is 0 Å². The van der Waals surface area contributed by atoms with Crippen molar-refractivity contribution in [2.24, 2.45) is 12.8 Å². The van der Waals surface area contributed by atoms with E-state index in [0.717, 1.165) is 38.5 Å². The Morgan fingerprint density at radius 2 is 2.00 bits per heavy atom. The van der Waals surface area contributed by atoms with Gasteiger partial charge in [0.15, 0.2) is 0 Å². The van der Waals surface area contributed by atoms with Crippen molar-refractivity contribution in [3.8, 4) is 0 Å². The van der Waals surface area contributed by atoms with Gasteiger partial charge >= 0.3 is 0 Å². The molecule has 0 bridgehead atoms. The summed E-state index contributed by atoms with van der Waals surface area (Å²) in [6, 6.07) is 2.91. The summed E-state index contributed by atoms with van der Waals surface area (Å²) in [7, 11) is 2.03. The highest BCUT2D eigenvalue weighted by Crippen LogP contribution is 2.22. The van der Waals surface area contributed by atoms with E-state index in [1.54, 1.807) is 0 Å². The number of nitrogens with zero attached hydrogens (tertiary/aromatic N) is 3. The van der Waals surface area contributed by atoms with Crippen LogP contribution in [0.4, 0.5) is 0 Å². The average Bonchev–Trinajstić information content (AvgIpc) is 2.70. The second kappa shape index (κ2) is 8.42. The molecule has 0 spiro atoms. The smallest absolute Gasteiger partial charge is 0.0492 e. The van der Waals surface area contributed by atoms with Gasteiger partial charge in [-0.2, -0.15) is 5.10 Å². The summed E-state index contributed by atoms with van der Waals surface area (Å²) >= 11 is 0. The van der Waals surface area contributed by atoms with Crippen LogP contribution in [-0.4, -0.2) is 40.4 Å². The zero-order valence-electron chi connectivity index (χ0n) is 12.9. The second-order valence-electron chi connectivity index (χ2n) is 6.02. The Morgan fingerprint density at radius 1 is 1.25 bits per heavy atom. The van der Waals surface area contributed by atoms with E-state index in [-0.39, 0.29) is 0 Å². The number of rotatable bonds is 7. The molecule has 0 saturated heterocycles. The minimum absolute atomic E-state index is 0.775. The summed E-state index contributed by atoms with van der Waals surface area (Å²) in [5, 5.41) is 4.26. The Balaban J connectivity index is 1.90. The first kappa shape index (κ1) is 15.5. The average molecular weight is 278 g/mol. The monoisotopic (exact) mass is 278 g/mol. The Bertz CT molecular complexity index is 366. The van der Waals surface area contributed by atoms with Gasteiger partial charge in [-0.3, -0.25) is 9.58 Å². The maximum atomic E-state index is 5.71. The minimum atomic E-state index is 0.775. The maximum Gasteiger partial charge on any atom is 0.0492 e. The van der Waals surface area contributed by atoms with Crippen LogP contribution in [0, 0.1) is 0 Å². The van der Waals surface area contributed by atoms with Crippen molar-refractivity contribution in [2.45, 2.75) is 57.4 Å². The van der Waals surface area contributed by atoms with Crippen LogP contribution in [0.5, 0.6) is 0 Å². The predicted molar refractivity (Wildman–Crippen MR) is 83.6 cm³/mol. The van der Waals surface area contributed by atoms with E-state index in [4.69, 9.17) is 5.73 Å². The fraction of sp³-hybridized carbons (Fsp3) is 0.812. The van der Waals surface area contributed by atoms with Crippen LogP contribution >= 0.6 is 0 Å². The third kappa shape index (κ3) is 4.60. The summed E-state index contributed by atoms with van der Waals surface area (Å²) < 4.78 is 1.99. The Labute approximate surface area is 123 Å². The molecule has 1 fully saturated rings. The zero-order chi connectivity index (χ0) is 14.2. The molecule has 1 aliphatic carbocycles. The highest BCUT2D eigenvalue weighted by Gasteiger charge is 2.19. The summed E-state index contributed by atoms with van der Waals surface area (Å²) in [6.07, 6.45) is 12.5. The highest BCUT2D eigenvalue weighted by molar-refractivity contribution is 5.00. The highest BCUT2D eigenvalue weighted by atomic mass is 15.3. The molecular formula is C16H30N4. The first-order chi connectivity index (χ1) is 9.81. The van der Waals surface area contributed by atoms with Crippen molar-refractivity contribution < 1.29 is 0 Å². The van der Waals surface area contributed by atoms with Crippen LogP contribution in [0.25, 0.3) is 0 Å². The first-order valence-corrected chi connectivity index (χ1v) is 8.22. The number of hydrogen-bond acceptors (Lipinski definition) is 3. The molecule has 1 heterocycles. The lowest BCUT2D eigenvalue weighted by atomic mass is 10.1. The molecule has 0 aliphatic heterocycles. The molecule has 4 heteroatoms. The molecule has 0 unspecified atom stereocenters. The summed E-state index contributed by atoms with van der Waals surface area (Å²) in [5.41, 5.74) is 7.04.